The molecule has 4 rings (SSSR count). The molecular formula is C25H23N3O3. The maximum absolute atomic E-state index is 12.1. The highest BCUT2D eigenvalue weighted by molar-refractivity contribution is 5.77. The van der Waals surface area contributed by atoms with Gasteiger partial charge in [-0.25, -0.2) is 4.98 Å². The van der Waals surface area contributed by atoms with Crippen LogP contribution >= 0.6 is 0 Å². The number of nitrogens with zero attached hydrogens (tertiary/aromatic N) is 1. The number of nitrogens with one attached hydrogen (secondary N) is 2. The minimum atomic E-state index is -0.172. The van der Waals surface area contributed by atoms with Gasteiger partial charge in [-0.3, -0.25) is 4.79 Å². The molecule has 3 aromatic carbocycles. The summed E-state index contributed by atoms with van der Waals surface area (Å²) < 4.78 is 10.7. The summed E-state index contributed by atoms with van der Waals surface area (Å²) in [4.78, 5) is 20.0. The van der Waals surface area contributed by atoms with Gasteiger partial charge in [0.15, 0.2) is 6.61 Å². The number of amides is 1. The molecule has 0 aliphatic heterocycles. The fourth-order valence-electron chi connectivity index (χ4n) is 3.13. The number of carbonyl (C=O) groups is 1. The molecule has 0 radical (unpaired) electrons. The number of ether oxygens (including phenoxy) is 2. The van der Waals surface area contributed by atoms with Crippen molar-refractivity contribution in [1.82, 2.24) is 15.3 Å². The highest BCUT2D eigenvalue weighted by Crippen LogP contribution is 2.24. The van der Waals surface area contributed by atoms with E-state index in [4.69, 9.17) is 9.47 Å². The van der Waals surface area contributed by atoms with E-state index < -0.39 is 0 Å². The summed E-state index contributed by atoms with van der Waals surface area (Å²) in [6, 6.07) is 25.0. The molecule has 0 saturated heterocycles. The molecule has 0 bridgehead atoms. The van der Waals surface area contributed by atoms with Gasteiger partial charge >= 0.3 is 0 Å². The monoisotopic (exact) mass is 413 g/mol. The molecule has 0 unspecified atom stereocenters. The van der Waals surface area contributed by atoms with Crippen LogP contribution in [0.1, 0.15) is 5.56 Å². The fourth-order valence-corrected chi connectivity index (χ4v) is 3.13. The average molecular weight is 413 g/mol. The first kappa shape index (κ1) is 20.2. The molecule has 2 N–H and O–H groups in total. The Morgan fingerprint density at radius 1 is 0.935 bits per heavy atom. The summed E-state index contributed by atoms with van der Waals surface area (Å²) in [6.07, 6.45) is 1.81. The first-order valence-electron chi connectivity index (χ1n) is 9.94. The summed E-state index contributed by atoms with van der Waals surface area (Å²) in [7, 11) is 1.65. The molecule has 1 amide bonds. The number of para-hydroxylation sites is 1. The Kier molecular flexibility index (Phi) is 6.28. The molecule has 6 heteroatoms. The van der Waals surface area contributed by atoms with Gasteiger partial charge in [-0.2, -0.15) is 0 Å². The molecule has 31 heavy (non-hydrogen) atoms. The van der Waals surface area contributed by atoms with E-state index in [2.05, 4.69) is 15.3 Å². The second-order valence-electron chi connectivity index (χ2n) is 6.95. The standard InChI is InChI=1S/C25H23N3O3/c1-30-21-12-10-19(11-13-21)23-16-27-25(28-23)20-7-5-6-18(14-20)15-26-24(29)17-31-22-8-3-2-4-9-22/h2-14,16H,15,17H2,1H3,(H,26,29)(H,27,28). The van der Waals surface area contributed by atoms with Crippen LogP contribution in [-0.2, 0) is 11.3 Å². The van der Waals surface area contributed by atoms with E-state index in [-0.39, 0.29) is 12.5 Å². The van der Waals surface area contributed by atoms with E-state index in [1.807, 2.05) is 85.1 Å². The third-order valence-corrected chi connectivity index (χ3v) is 4.78. The smallest absolute Gasteiger partial charge is 0.258 e. The van der Waals surface area contributed by atoms with E-state index in [0.29, 0.717) is 12.3 Å². The van der Waals surface area contributed by atoms with Crippen molar-refractivity contribution in [3.8, 4) is 34.1 Å². The predicted molar refractivity (Wildman–Crippen MR) is 120 cm³/mol. The van der Waals surface area contributed by atoms with Crippen molar-refractivity contribution in [3.63, 3.8) is 0 Å². The van der Waals surface area contributed by atoms with Crippen molar-refractivity contribution in [2.24, 2.45) is 0 Å². The van der Waals surface area contributed by atoms with Crippen LogP contribution in [0.3, 0.4) is 0 Å². The predicted octanol–water partition coefficient (Wildman–Crippen LogP) is 4.45. The fraction of sp³-hybridized carbons (Fsp3) is 0.120. The van der Waals surface area contributed by atoms with Crippen LogP contribution in [0.25, 0.3) is 22.6 Å². The Bertz CT molecular complexity index is 1140. The SMILES string of the molecule is COc1ccc(-c2cnc(-c3cccc(CNC(=O)COc4ccccc4)c3)[nH]2)cc1. The summed E-state index contributed by atoms with van der Waals surface area (Å²) in [5.74, 6) is 2.08. The van der Waals surface area contributed by atoms with Gasteiger partial charge in [-0.1, -0.05) is 36.4 Å². The maximum atomic E-state index is 12.1. The van der Waals surface area contributed by atoms with Crippen molar-refractivity contribution >= 4 is 5.91 Å². The van der Waals surface area contributed by atoms with Crippen molar-refractivity contribution < 1.29 is 14.3 Å². The first-order valence-corrected chi connectivity index (χ1v) is 9.94. The van der Waals surface area contributed by atoms with Gasteiger partial charge < -0.3 is 19.8 Å². The molecule has 0 aliphatic carbocycles. The normalized spacial score (nSPS) is 10.5. The Morgan fingerprint density at radius 2 is 1.74 bits per heavy atom. The van der Waals surface area contributed by atoms with Crippen molar-refractivity contribution in [2.75, 3.05) is 13.7 Å². The highest BCUT2D eigenvalue weighted by atomic mass is 16.5. The minimum Gasteiger partial charge on any atom is -0.497 e. The van der Waals surface area contributed by atoms with Crippen molar-refractivity contribution in [2.45, 2.75) is 6.54 Å². The van der Waals surface area contributed by atoms with Gasteiger partial charge in [0.05, 0.1) is 19.0 Å². The van der Waals surface area contributed by atoms with Crippen LogP contribution in [0.2, 0.25) is 0 Å². The summed E-state index contributed by atoms with van der Waals surface area (Å²) in [6.45, 7) is 0.393. The second-order valence-corrected chi connectivity index (χ2v) is 6.95. The van der Waals surface area contributed by atoms with Crippen molar-refractivity contribution in [3.05, 3.63) is 90.6 Å². The van der Waals surface area contributed by atoms with Crippen molar-refractivity contribution in [1.29, 1.82) is 0 Å². The molecule has 0 spiro atoms. The third-order valence-electron chi connectivity index (χ3n) is 4.78. The van der Waals surface area contributed by atoms with Gasteiger partial charge in [-0.05, 0) is 53.6 Å². The van der Waals surface area contributed by atoms with Gasteiger partial charge in [-0.15, -0.1) is 0 Å². The molecule has 0 atom stereocenters. The number of imidazole rings is 1. The molecule has 0 fully saturated rings. The van der Waals surface area contributed by atoms with Crippen LogP contribution < -0.4 is 14.8 Å². The number of rotatable bonds is 8. The third kappa shape index (κ3) is 5.30. The first-order chi connectivity index (χ1) is 15.2. The number of hydrogen-bond donors (Lipinski definition) is 2. The van der Waals surface area contributed by atoms with Crippen LogP contribution in [0.15, 0.2) is 85.1 Å². The lowest BCUT2D eigenvalue weighted by Gasteiger charge is -2.08. The highest BCUT2D eigenvalue weighted by Gasteiger charge is 2.08. The molecule has 1 heterocycles. The number of benzene rings is 3. The van der Waals surface area contributed by atoms with Crippen LogP contribution in [-0.4, -0.2) is 29.6 Å². The molecule has 1 aromatic heterocycles. The molecule has 6 nitrogen and oxygen atoms in total. The largest absolute Gasteiger partial charge is 0.497 e. The summed E-state index contributed by atoms with van der Waals surface area (Å²) in [5, 5.41) is 2.88. The van der Waals surface area contributed by atoms with Crippen LogP contribution in [0, 0.1) is 0 Å². The van der Waals surface area contributed by atoms with E-state index in [1.54, 1.807) is 7.11 Å². The average Bonchev–Trinajstić information content (AvgIpc) is 3.33. The molecule has 0 saturated carbocycles. The lowest BCUT2D eigenvalue weighted by atomic mass is 10.1. The van der Waals surface area contributed by atoms with E-state index in [9.17, 15) is 4.79 Å². The second kappa shape index (κ2) is 9.63. The number of aromatic amines is 1. The number of H-pyrrole nitrogens is 1. The van der Waals surface area contributed by atoms with E-state index >= 15 is 0 Å². The lowest BCUT2D eigenvalue weighted by molar-refractivity contribution is -0.123. The Morgan fingerprint density at radius 3 is 2.52 bits per heavy atom. The topological polar surface area (TPSA) is 76.2 Å². The number of carbonyl (C=O) groups excluding carboxylic acids is 1. The minimum absolute atomic E-state index is 0.0207. The van der Waals surface area contributed by atoms with Crippen LogP contribution in [0.5, 0.6) is 11.5 Å². The number of hydrogen-bond acceptors (Lipinski definition) is 4. The zero-order valence-electron chi connectivity index (χ0n) is 17.2. The number of aromatic nitrogens is 2. The summed E-state index contributed by atoms with van der Waals surface area (Å²) >= 11 is 0. The lowest BCUT2D eigenvalue weighted by Crippen LogP contribution is -2.28. The molecule has 156 valence electrons. The van der Waals surface area contributed by atoms with E-state index in [0.717, 1.165) is 34.0 Å². The summed E-state index contributed by atoms with van der Waals surface area (Å²) in [5.41, 5.74) is 3.89. The van der Waals surface area contributed by atoms with Crippen LogP contribution in [0.4, 0.5) is 0 Å². The van der Waals surface area contributed by atoms with Gasteiger partial charge in [0, 0.05) is 12.1 Å². The number of methoxy groups -OCH3 is 1. The molecule has 0 aliphatic rings. The Labute approximate surface area is 180 Å². The zero-order valence-corrected chi connectivity index (χ0v) is 17.2. The zero-order chi connectivity index (χ0) is 21.5. The Hall–Kier alpha value is -4.06. The maximum Gasteiger partial charge on any atom is 0.258 e. The Balaban J connectivity index is 1.37. The molecule has 4 aromatic rings. The van der Waals surface area contributed by atoms with Gasteiger partial charge in [0.2, 0.25) is 0 Å². The van der Waals surface area contributed by atoms with E-state index in [1.165, 1.54) is 0 Å². The van der Waals surface area contributed by atoms with Gasteiger partial charge in [0.1, 0.15) is 17.3 Å². The van der Waals surface area contributed by atoms with Gasteiger partial charge in [0.25, 0.3) is 5.91 Å². The quantitative estimate of drug-likeness (QED) is 0.448. The molecular weight excluding hydrogens is 390 g/mol.